The summed E-state index contributed by atoms with van der Waals surface area (Å²) in [4.78, 5) is 0. The molecule has 0 heterocycles. The van der Waals surface area contributed by atoms with E-state index < -0.39 is 0 Å². The quantitative estimate of drug-likeness (QED) is 0.779. The highest BCUT2D eigenvalue weighted by molar-refractivity contribution is 6.31. The molecular weight excluding hydrogens is 343 g/mol. The molecule has 0 radical (unpaired) electrons. The van der Waals surface area contributed by atoms with Gasteiger partial charge in [0.1, 0.15) is 0 Å². The summed E-state index contributed by atoms with van der Waals surface area (Å²) in [6.45, 7) is -0.105. The smallest absolute Gasteiger partial charge is 0.0696 e. The molecule has 1 saturated carbocycles. The molecule has 1 fully saturated rings. The Bertz CT molecular complexity index is 666. The van der Waals surface area contributed by atoms with Crippen molar-refractivity contribution >= 4 is 23.2 Å². The van der Waals surface area contributed by atoms with Gasteiger partial charge in [0.2, 0.25) is 0 Å². The van der Waals surface area contributed by atoms with E-state index in [2.05, 4.69) is 12.1 Å². The fourth-order valence-corrected chi connectivity index (χ4v) is 4.33. The Balaban J connectivity index is 2.11. The lowest BCUT2D eigenvalue weighted by Gasteiger charge is -2.39. The lowest BCUT2D eigenvalue weighted by atomic mass is 9.65. The molecule has 0 spiro atoms. The van der Waals surface area contributed by atoms with Crippen molar-refractivity contribution in [2.75, 3.05) is 0 Å². The second kappa shape index (κ2) is 7.45. The average molecular weight is 365 g/mol. The first-order chi connectivity index (χ1) is 11.6. The molecule has 4 heteroatoms. The van der Waals surface area contributed by atoms with Crippen LogP contribution in [-0.4, -0.2) is 10.2 Å². The van der Waals surface area contributed by atoms with Gasteiger partial charge in [-0.1, -0.05) is 66.7 Å². The highest BCUT2D eigenvalue weighted by Gasteiger charge is 2.36. The molecule has 3 rings (SSSR count). The summed E-state index contributed by atoms with van der Waals surface area (Å²) in [7, 11) is 0. The van der Waals surface area contributed by atoms with E-state index in [9.17, 15) is 10.2 Å². The minimum absolute atomic E-state index is 0.0524. The van der Waals surface area contributed by atoms with Crippen molar-refractivity contribution in [3.05, 3.63) is 68.7 Å². The zero-order chi connectivity index (χ0) is 17.2. The molecule has 128 valence electrons. The molecule has 0 unspecified atom stereocenters. The Hall–Kier alpha value is -1.06. The number of halogens is 2. The van der Waals surface area contributed by atoms with Gasteiger partial charge in [-0.25, -0.2) is 0 Å². The molecule has 1 aliphatic carbocycles. The van der Waals surface area contributed by atoms with Gasteiger partial charge in [0.25, 0.3) is 0 Å². The van der Waals surface area contributed by atoms with Gasteiger partial charge in [-0.2, -0.15) is 0 Å². The van der Waals surface area contributed by atoms with Crippen LogP contribution in [0.15, 0.2) is 36.4 Å². The van der Waals surface area contributed by atoms with Crippen LogP contribution in [0.5, 0.6) is 0 Å². The van der Waals surface area contributed by atoms with Crippen LogP contribution in [0.4, 0.5) is 0 Å². The lowest BCUT2D eigenvalue weighted by Crippen LogP contribution is -2.30. The van der Waals surface area contributed by atoms with Crippen molar-refractivity contribution in [3.63, 3.8) is 0 Å². The summed E-state index contributed by atoms with van der Waals surface area (Å²) in [5.41, 5.74) is 3.75. The topological polar surface area (TPSA) is 40.5 Å². The molecule has 2 aromatic carbocycles. The predicted octanol–water partition coefficient (Wildman–Crippen LogP) is 5.23. The van der Waals surface area contributed by atoms with E-state index in [1.807, 2.05) is 24.3 Å². The summed E-state index contributed by atoms with van der Waals surface area (Å²) < 4.78 is 0. The Labute approximate surface area is 153 Å². The Morgan fingerprint density at radius 3 is 1.58 bits per heavy atom. The summed E-state index contributed by atoms with van der Waals surface area (Å²) in [5.74, 6) is 0. The van der Waals surface area contributed by atoms with Crippen molar-refractivity contribution in [2.24, 2.45) is 0 Å². The Kier molecular flexibility index (Phi) is 5.51. The first-order valence-corrected chi connectivity index (χ1v) is 9.16. The molecule has 0 saturated heterocycles. The molecular formula is C20H22Cl2O2. The number of aliphatic hydroxyl groups excluding tert-OH is 2. The van der Waals surface area contributed by atoms with Crippen LogP contribution in [0, 0.1) is 0 Å². The number of benzene rings is 2. The summed E-state index contributed by atoms with van der Waals surface area (Å²) in [5, 5.41) is 20.0. The van der Waals surface area contributed by atoms with Crippen molar-refractivity contribution in [3.8, 4) is 0 Å². The number of hydrogen-bond acceptors (Lipinski definition) is 2. The van der Waals surface area contributed by atoms with Gasteiger partial charge in [-0.15, -0.1) is 0 Å². The third kappa shape index (κ3) is 3.21. The molecule has 2 N–H and O–H groups in total. The molecule has 0 aliphatic heterocycles. The highest BCUT2D eigenvalue weighted by Crippen LogP contribution is 2.46. The summed E-state index contributed by atoms with van der Waals surface area (Å²) >= 11 is 12.7. The van der Waals surface area contributed by atoms with Gasteiger partial charge in [0, 0.05) is 15.5 Å². The molecule has 0 atom stereocenters. The largest absolute Gasteiger partial charge is 0.392 e. The third-order valence-corrected chi connectivity index (χ3v) is 5.96. The molecule has 0 amide bonds. The van der Waals surface area contributed by atoms with Crippen molar-refractivity contribution < 1.29 is 10.2 Å². The maximum absolute atomic E-state index is 9.37. The minimum Gasteiger partial charge on any atom is -0.392 e. The normalized spacial score (nSPS) is 17.0. The van der Waals surface area contributed by atoms with Crippen molar-refractivity contribution in [2.45, 2.75) is 50.7 Å². The second-order valence-electron chi connectivity index (χ2n) is 6.57. The number of rotatable bonds is 4. The fourth-order valence-electron chi connectivity index (χ4n) is 3.85. The van der Waals surface area contributed by atoms with E-state index in [1.54, 1.807) is 0 Å². The molecule has 0 bridgehead atoms. The highest BCUT2D eigenvalue weighted by atomic mass is 35.5. The van der Waals surface area contributed by atoms with E-state index in [-0.39, 0.29) is 18.6 Å². The van der Waals surface area contributed by atoms with Crippen LogP contribution in [0.1, 0.15) is 54.4 Å². The fraction of sp³-hybridized carbons (Fsp3) is 0.400. The maximum Gasteiger partial charge on any atom is 0.0696 e. The van der Waals surface area contributed by atoms with E-state index >= 15 is 0 Å². The van der Waals surface area contributed by atoms with Gasteiger partial charge in [0.05, 0.1) is 13.2 Å². The first-order valence-electron chi connectivity index (χ1n) is 8.40. The van der Waals surface area contributed by atoms with E-state index in [0.717, 1.165) is 24.0 Å². The van der Waals surface area contributed by atoms with Crippen LogP contribution in [0.2, 0.25) is 10.0 Å². The van der Waals surface area contributed by atoms with Crippen molar-refractivity contribution in [1.82, 2.24) is 0 Å². The third-order valence-electron chi connectivity index (χ3n) is 5.26. The van der Waals surface area contributed by atoms with Gasteiger partial charge < -0.3 is 10.2 Å². The average Bonchev–Trinajstić information content (AvgIpc) is 2.62. The second-order valence-corrected chi connectivity index (χ2v) is 7.39. The number of hydrogen-bond donors (Lipinski definition) is 2. The summed E-state index contributed by atoms with van der Waals surface area (Å²) in [6.07, 6.45) is 5.68. The van der Waals surface area contributed by atoms with Crippen LogP contribution < -0.4 is 0 Å². The number of aliphatic hydroxyl groups is 2. The zero-order valence-electron chi connectivity index (χ0n) is 13.6. The zero-order valence-corrected chi connectivity index (χ0v) is 15.1. The van der Waals surface area contributed by atoms with Gasteiger partial charge in [-0.3, -0.25) is 0 Å². The van der Waals surface area contributed by atoms with Gasteiger partial charge in [0.15, 0.2) is 0 Å². The van der Waals surface area contributed by atoms with Crippen LogP contribution in [0.25, 0.3) is 0 Å². The summed E-state index contributed by atoms with van der Waals surface area (Å²) in [6, 6.07) is 12.0. The Morgan fingerprint density at radius 1 is 0.750 bits per heavy atom. The van der Waals surface area contributed by atoms with E-state index in [4.69, 9.17) is 23.2 Å². The molecule has 2 aromatic rings. The Morgan fingerprint density at radius 2 is 1.21 bits per heavy atom. The first kappa shape index (κ1) is 17.8. The predicted molar refractivity (Wildman–Crippen MR) is 98.6 cm³/mol. The standard InChI is InChI=1S/C20H22Cl2O2/c21-18-10-16(6-4-14(18)12-23)20(8-2-1-3-9-20)17-7-5-15(13-24)19(22)11-17/h4-7,10-11,23-24H,1-3,8-9,12-13H2. The van der Waals surface area contributed by atoms with Crippen LogP contribution in [-0.2, 0) is 18.6 Å². The monoisotopic (exact) mass is 364 g/mol. The van der Waals surface area contributed by atoms with Gasteiger partial charge >= 0.3 is 0 Å². The molecule has 2 nitrogen and oxygen atoms in total. The van der Waals surface area contributed by atoms with Crippen LogP contribution in [0.3, 0.4) is 0 Å². The minimum atomic E-state index is -0.104. The molecule has 1 aliphatic rings. The lowest BCUT2D eigenvalue weighted by molar-refractivity contribution is 0.281. The molecule has 24 heavy (non-hydrogen) atoms. The van der Waals surface area contributed by atoms with E-state index in [1.165, 1.54) is 30.4 Å². The maximum atomic E-state index is 9.37. The van der Waals surface area contributed by atoms with Crippen molar-refractivity contribution in [1.29, 1.82) is 0 Å². The van der Waals surface area contributed by atoms with Gasteiger partial charge in [-0.05, 0) is 47.2 Å². The molecule has 0 aromatic heterocycles. The van der Waals surface area contributed by atoms with E-state index in [0.29, 0.717) is 10.0 Å². The van der Waals surface area contributed by atoms with Crippen LogP contribution >= 0.6 is 23.2 Å². The SMILES string of the molecule is OCc1ccc(C2(c3ccc(CO)c(Cl)c3)CCCCC2)cc1Cl.